The first-order chi connectivity index (χ1) is 13.9. The molecule has 0 saturated carbocycles. The molecule has 1 aliphatic heterocycles. The lowest BCUT2D eigenvalue weighted by atomic mass is 9.95. The van der Waals surface area contributed by atoms with Crippen molar-refractivity contribution in [2.45, 2.75) is 12.5 Å². The van der Waals surface area contributed by atoms with Gasteiger partial charge in [0.25, 0.3) is 0 Å². The van der Waals surface area contributed by atoms with Gasteiger partial charge in [-0.3, -0.25) is 0 Å². The predicted octanol–water partition coefficient (Wildman–Crippen LogP) is 2.47. The van der Waals surface area contributed by atoms with Crippen molar-refractivity contribution in [2.24, 2.45) is 0 Å². The molecule has 0 spiro atoms. The molecule has 0 radical (unpaired) electrons. The van der Waals surface area contributed by atoms with Crippen LogP contribution < -0.4 is 34.3 Å². The van der Waals surface area contributed by atoms with Crippen LogP contribution in [0.1, 0.15) is 12.5 Å². The Morgan fingerprint density at radius 3 is 2.34 bits per heavy atom. The number of aliphatic hydroxyl groups is 1. The second kappa shape index (κ2) is 8.36. The molecule has 0 fully saturated rings. The number of nitrogens with one attached hydrogen (secondary N) is 2. The lowest BCUT2D eigenvalue weighted by molar-refractivity contribution is 0.0597. The van der Waals surface area contributed by atoms with Gasteiger partial charge in [0.2, 0.25) is 12.5 Å². The van der Waals surface area contributed by atoms with Crippen molar-refractivity contribution in [1.82, 2.24) is 5.32 Å². The molecule has 2 aromatic rings. The van der Waals surface area contributed by atoms with Crippen molar-refractivity contribution in [3.05, 3.63) is 35.9 Å². The van der Waals surface area contributed by atoms with E-state index in [0.29, 0.717) is 40.0 Å². The van der Waals surface area contributed by atoms with Gasteiger partial charge in [-0.1, -0.05) is 6.07 Å². The van der Waals surface area contributed by atoms with Crippen molar-refractivity contribution in [1.29, 1.82) is 0 Å². The van der Waals surface area contributed by atoms with Crippen molar-refractivity contribution >= 4 is 11.7 Å². The van der Waals surface area contributed by atoms with Gasteiger partial charge in [0.15, 0.2) is 23.0 Å². The van der Waals surface area contributed by atoms with E-state index >= 15 is 0 Å². The number of rotatable bonds is 7. The van der Waals surface area contributed by atoms with E-state index in [1.54, 1.807) is 37.3 Å². The summed E-state index contributed by atoms with van der Waals surface area (Å²) in [4.78, 5) is 12.3. The fourth-order valence-electron chi connectivity index (χ4n) is 2.91. The fourth-order valence-corrected chi connectivity index (χ4v) is 2.91. The first kappa shape index (κ1) is 20.4. The molecule has 3 rings (SSSR count). The number of amides is 2. The smallest absolute Gasteiger partial charge is 0.319 e. The van der Waals surface area contributed by atoms with Crippen LogP contribution in [0, 0.1) is 0 Å². The lowest BCUT2D eigenvalue weighted by Crippen LogP contribution is -2.40. The highest BCUT2D eigenvalue weighted by Gasteiger charge is 2.27. The van der Waals surface area contributed by atoms with Crippen molar-refractivity contribution in [2.75, 3.05) is 40.0 Å². The second-order valence-electron chi connectivity index (χ2n) is 6.56. The van der Waals surface area contributed by atoms with Crippen LogP contribution in [0.3, 0.4) is 0 Å². The van der Waals surface area contributed by atoms with Gasteiger partial charge in [-0.05, 0) is 24.6 Å². The molecule has 29 heavy (non-hydrogen) atoms. The monoisotopic (exact) mass is 404 g/mol. The van der Waals surface area contributed by atoms with E-state index in [1.165, 1.54) is 21.3 Å². The van der Waals surface area contributed by atoms with Gasteiger partial charge in [-0.25, -0.2) is 4.79 Å². The summed E-state index contributed by atoms with van der Waals surface area (Å²) < 4.78 is 26.4. The largest absolute Gasteiger partial charge is 0.493 e. The maximum atomic E-state index is 12.3. The van der Waals surface area contributed by atoms with E-state index < -0.39 is 11.6 Å². The summed E-state index contributed by atoms with van der Waals surface area (Å²) in [5.74, 6) is 2.43. The fraction of sp³-hybridized carbons (Fsp3) is 0.350. The molecule has 1 unspecified atom stereocenters. The molecule has 1 atom stereocenters. The molecule has 9 nitrogen and oxygen atoms in total. The van der Waals surface area contributed by atoms with Gasteiger partial charge < -0.3 is 39.4 Å². The number of ether oxygens (including phenoxy) is 5. The van der Waals surface area contributed by atoms with E-state index in [4.69, 9.17) is 23.7 Å². The van der Waals surface area contributed by atoms with Gasteiger partial charge in [0.1, 0.15) is 5.60 Å². The van der Waals surface area contributed by atoms with E-state index in [1.807, 2.05) is 0 Å². The molecule has 0 saturated heterocycles. The third-order valence-electron chi connectivity index (χ3n) is 4.51. The summed E-state index contributed by atoms with van der Waals surface area (Å²) >= 11 is 0. The topological polar surface area (TPSA) is 108 Å². The average Bonchev–Trinajstić information content (AvgIpc) is 3.19. The van der Waals surface area contributed by atoms with Gasteiger partial charge in [-0.15, -0.1) is 0 Å². The minimum Gasteiger partial charge on any atom is -0.493 e. The Bertz CT molecular complexity index is 873. The number of hydrogen-bond donors (Lipinski definition) is 3. The zero-order valence-corrected chi connectivity index (χ0v) is 16.7. The highest BCUT2D eigenvalue weighted by molar-refractivity contribution is 5.90. The highest BCUT2D eigenvalue weighted by Crippen LogP contribution is 2.40. The third kappa shape index (κ3) is 4.40. The molecule has 2 amide bonds. The van der Waals surface area contributed by atoms with Crippen LogP contribution in [-0.4, -0.2) is 45.8 Å². The molecule has 3 N–H and O–H groups in total. The molecule has 156 valence electrons. The summed E-state index contributed by atoms with van der Waals surface area (Å²) in [6.07, 6.45) is 0. The van der Waals surface area contributed by atoms with Crippen molar-refractivity contribution in [3.63, 3.8) is 0 Å². The van der Waals surface area contributed by atoms with Crippen molar-refractivity contribution < 1.29 is 33.6 Å². The number of carbonyl (C=O) groups is 1. The van der Waals surface area contributed by atoms with Crippen molar-refractivity contribution in [3.8, 4) is 28.7 Å². The molecule has 0 aromatic heterocycles. The van der Waals surface area contributed by atoms with Crippen LogP contribution in [0.25, 0.3) is 0 Å². The Morgan fingerprint density at radius 2 is 1.72 bits per heavy atom. The van der Waals surface area contributed by atoms with Gasteiger partial charge in [-0.2, -0.15) is 0 Å². The number of hydrogen-bond acceptors (Lipinski definition) is 7. The molecular weight excluding hydrogens is 380 g/mol. The Morgan fingerprint density at radius 1 is 1.07 bits per heavy atom. The molecular formula is C20H24N2O7. The Hall–Kier alpha value is -3.33. The molecule has 2 aromatic carbocycles. The maximum Gasteiger partial charge on any atom is 0.319 e. The molecule has 1 heterocycles. The number of fused-ring (bicyclic) bond motifs is 1. The number of benzene rings is 2. The molecule has 0 bridgehead atoms. The Labute approximate surface area is 168 Å². The first-order valence-corrected chi connectivity index (χ1v) is 8.85. The van der Waals surface area contributed by atoms with Crippen LogP contribution >= 0.6 is 0 Å². The predicted molar refractivity (Wildman–Crippen MR) is 105 cm³/mol. The van der Waals surface area contributed by atoms with Gasteiger partial charge in [0.05, 0.1) is 33.6 Å². The average molecular weight is 404 g/mol. The minimum absolute atomic E-state index is 0.0249. The minimum atomic E-state index is -1.31. The Balaban J connectivity index is 1.66. The third-order valence-corrected chi connectivity index (χ3v) is 4.51. The van der Waals surface area contributed by atoms with Crippen LogP contribution in [0.5, 0.6) is 28.7 Å². The standard InChI is InChI=1S/C20H24N2O7/c1-20(24,12-5-6-14-15(7-12)29-11-28-14)10-21-19(23)22-13-8-16(25-2)18(27-4)17(9-13)26-3/h5-9,24H,10-11H2,1-4H3,(H2,21,22,23). The zero-order chi connectivity index (χ0) is 21.0. The quantitative estimate of drug-likeness (QED) is 0.651. The van der Waals surface area contributed by atoms with Crippen LogP contribution in [0.4, 0.5) is 10.5 Å². The number of methoxy groups -OCH3 is 3. The summed E-state index contributed by atoms with van der Waals surface area (Å²) in [5, 5.41) is 16.1. The summed E-state index contributed by atoms with van der Waals surface area (Å²) in [6.45, 7) is 1.73. The van der Waals surface area contributed by atoms with E-state index in [9.17, 15) is 9.90 Å². The molecule has 9 heteroatoms. The normalized spacial score (nSPS) is 14.0. The van der Waals surface area contributed by atoms with Crippen LogP contribution in [0.15, 0.2) is 30.3 Å². The molecule has 1 aliphatic rings. The summed E-state index contributed by atoms with van der Waals surface area (Å²) in [6, 6.07) is 7.86. The lowest BCUT2D eigenvalue weighted by Gasteiger charge is -2.24. The highest BCUT2D eigenvalue weighted by atomic mass is 16.7. The second-order valence-corrected chi connectivity index (χ2v) is 6.56. The SMILES string of the molecule is COc1cc(NC(=O)NCC(C)(O)c2ccc3c(c2)OCO3)cc(OC)c1OC. The number of anilines is 1. The number of carbonyl (C=O) groups excluding carboxylic acids is 1. The van der Waals surface area contributed by atoms with E-state index in [-0.39, 0.29) is 13.3 Å². The van der Waals surface area contributed by atoms with E-state index in [2.05, 4.69) is 10.6 Å². The zero-order valence-electron chi connectivity index (χ0n) is 16.7. The van der Waals surface area contributed by atoms with Gasteiger partial charge in [0, 0.05) is 12.1 Å². The molecule has 0 aliphatic carbocycles. The summed E-state index contributed by atoms with van der Waals surface area (Å²) in [5.41, 5.74) is -0.275. The first-order valence-electron chi connectivity index (χ1n) is 8.85. The van der Waals surface area contributed by atoms with Gasteiger partial charge >= 0.3 is 6.03 Å². The van der Waals surface area contributed by atoms with E-state index in [0.717, 1.165) is 0 Å². The maximum absolute atomic E-state index is 12.3. The van der Waals surface area contributed by atoms with Crippen LogP contribution in [0.2, 0.25) is 0 Å². The summed E-state index contributed by atoms with van der Waals surface area (Å²) in [7, 11) is 4.48. The van der Waals surface area contributed by atoms with Crippen LogP contribution in [-0.2, 0) is 5.60 Å². The Kier molecular flexibility index (Phi) is 5.88. The number of urea groups is 1.